The third kappa shape index (κ3) is 25.7. The number of phosphoric acid groups is 1. The Morgan fingerprint density at radius 1 is 0.765 bits per heavy atom. The Morgan fingerprint density at radius 2 is 1.40 bits per heavy atom. The summed E-state index contributed by atoms with van der Waals surface area (Å²) in [7, 11) is -5.46. The van der Waals surface area contributed by atoms with Gasteiger partial charge in [0.05, 0.1) is 37.1 Å². The Morgan fingerprint density at radius 3 is 2.04 bits per heavy atom. The average molecular weight is 983 g/mol. The number of hydrogen-bond acceptors (Lipinski definition) is 15. The van der Waals surface area contributed by atoms with Crippen molar-refractivity contribution in [2.45, 2.75) is 197 Å². The van der Waals surface area contributed by atoms with Gasteiger partial charge in [-0.05, 0) is 77.0 Å². The van der Waals surface area contributed by atoms with Gasteiger partial charge < -0.3 is 55.2 Å². The van der Waals surface area contributed by atoms with Crippen LogP contribution in [-0.2, 0) is 32.7 Å². The minimum absolute atomic E-state index is 0.0127. The lowest BCUT2D eigenvalue weighted by Crippen LogP contribution is -2.55. The predicted molar refractivity (Wildman–Crippen MR) is 260 cm³/mol. The molecule has 0 aromatic carbocycles. The molecule has 0 aromatic heterocycles. The molecule has 2 aliphatic rings. The zero-order chi connectivity index (χ0) is 50.2. The van der Waals surface area contributed by atoms with Crippen molar-refractivity contribution >= 4 is 19.8 Å². The van der Waals surface area contributed by atoms with Crippen LogP contribution in [0, 0.1) is 11.8 Å². The molecule has 0 saturated heterocycles. The van der Waals surface area contributed by atoms with Crippen LogP contribution in [0.4, 0.5) is 0 Å². The molecule has 0 spiro atoms. The number of aliphatic hydroxyl groups excluding tert-OH is 8. The Labute approximate surface area is 404 Å². The maximum atomic E-state index is 13.5. The highest BCUT2D eigenvalue weighted by atomic mass is 31.2. The number of phosphoric ester groups is 1. The van der Waals surface area contributed by atoms with Crippen molar-refractivity contribution in [3.8, 4) is 0 Å². The summed E-state index contributed by atoms with van der Waals surface area (Å²) >= 11 is 0. The number of hydrogen-bond donors (Lipinski definition) is 9. The molecule has 16 nitrogen and oxygen atoms in total. The quantitative estimate of drug-likeness (QED) is 0.0245. The molecular weight excluding hydrogens is 900 g/mol. The van der Waals surface area contributed by atoms with E-state index >= 15 is 0 Å². The van der Waals surface area contributed by atoms with Crippen LogP contribution >= 0.6 is 7.82 Å². The first kappa shape index (κ1) is 61.0. The highest BCUT2D eigenvalue weighted by molar-refractivity contribution is 7.47. The molecule has 68 heavy (non-hydrogen) atoms. The molecule has 9 N–H and O–H groups in total. The number of fused-ring (bicyclic) bond motifs is 4. The normalized spacial score (nSPS) is 32.2. The molecular formula is C51H83O16P. The molecule has 388 valence electrons. The van der Waals surface area contributed by atoms with Crippen molar-refractivity contribution in [2.24, 2.45) is 11.8 Å². The highest BCUT2D eigenvalue weighted by Crippen LogP contribution is 2.47. The Kier molecular flexibility index (Phi) is 32.2. The van der Waals surface area contributed by atoms with Gasteiger partial charge in [0.15, 0.2) is 6.10 Å². The molecule has 0 radical (unpaired) electrons. The van der Waals surface area contributed by atoms with E-state index in [1.165, 1.54) is 12.2 Å². The van der Waals surface area contributed by atoms with Crippen LogP contribution in [0.3, 0.4) is 0 Å². The number of esters is 2. The second kappa shape index (κ2) is 35.9. The molecule has 0 amide bonds. The molecule has 2 bridgehead atoms. The lowest BCUT2D eigenvalue weighted by Gasteiger charge is -2.37. The molecule has 1 aliphatic heterocycles. The number of aliphatic hydroxyl groups is 8. The summed E-state index contributed by atoms with van der Waals surface area (Å²) in [6.45, 7) is 2.68. The zero-order valence-electron chi connectivity index (χ0n) is 40.2. The summed E-state index contributed by atoms with van der Waals surface area (Å²) in [5, 5.41) is 90.2. The molecule has 2 rings (SSSR count). The fraction of sp³-hybridized carbons (Fsp3) is 0.686. The molecule has 1 unspecified atom stereocenters. The Bertz CT molecular complexity index is 1640. The van der Waals surface area contributed by atoms with E-state index in [2.05, 4.69) is 67.7 Å². The maximum Gasteiger partial charge on any atom is 0.472 e. The number of rotatable bonds is 22. The van der Waals surface area contributed by atoms with Crippen molar-refractivity contribution in [1.82, 2.24) is 0 Å². The van der Waals surface area contributed by atoms with Gasteiger partial charge in [-0.3, -0.25) is 18.6 Å². The second-order valence-corrected chi connectivity index (χ2v) is 19.0. The van der Waals surface area contributed by atoms with Gasteiger partial charge in [0.2, 0.25) is 0 Å². The largest absolute Gasteiger partial charge is 0.472 e. The smallest absolute Gasteiger partial charge is 0.462 e. The van der Waals surface area contributed by atoms with Crippen LogP contribution in [0.15, 0.2) is 85.1 Å². The molecule has 13 atom stereocenters. The van der Waals surface area contributed by atoms with Gasteiger partial charge in [0.1, 0.15) is 31.0 Å². The van der Waals surface area contributed by atoms with Crippen molar-refractivity contribution in [2.75, 3.05) is 13.2 Å². The molecule has 1 aliphatic carbocycles. The summed E-state index contributed by atoms with van der Waals surface area (Å²) < 4.78 is 34.7. The van der Waals surface area contributed by atoms with Gasteiger partial charge in [0.25, 0.3) is 0 Å². The monoisotopic (exact) mass is 983 g/mol. The minimum atomic E-state index is -5.46. The SMILES string of the molecule is CC/C=C\C/C=C\C/C=C\C/C=C\C/C=C\CCCCCC(=O)O[C@@H]1COC(=O)CCC/C=C/C[C@@H]2[C@@H](O)[C@H](O)[C@@H](O)[C@H](OP(=O)(O)OC1)[C@H](O)[C@H](O)[C@@H](/C=C/[C@@H](O)CCCCC)[C@H](O)C[C@@H]2O. The lowest BCUT2D eigenvalue weighted by molar-refractivity contribution is -0.167. The fourth-order valence-electron chi connectivity index (χ4n) is 7.72. The van der Waals surface area contributed by atoms with E-state index in [0.717, 1.165) is 57.8 Å². The van der Waals surface area contributed by atoms with Crippen LogP contribution in [0.25, 0.3) is 0 Å². The van der Waals surface area contributed by atoms with E-state index in [4.69, 9.17) is 18.5 Å². The summed E-state index contributed by atoms with van der Waals surface area (Å²) in [5.74, 6) is -4.10. The third-order valence-electron chi connectivity index (χ3n) is 11.8. The van der Waals surface area contributed by atoms with E-state index < -0.39 is 112 Å². The highest BCUT2D eigenvalue weighted by Gasteiger charge is 2.49. The Balaban J connectivity index is 2.14. The standard InChI is InChI=1S/C51H83O16P/c1-3-5-7-8-9-10-11-12-13-14-15-16-17-18-19-20-21-22-28-32-45(56)66-39-36-64-44(55)31-27-24-23-26-30-40-42(53)35-43(54)41(34-33-38(52)29-25-6-4-2)47(58)49(60)51(50(61)48(59)46(40)57)67-68(62,63)65-37-39/h5,7,9-10,12-13,15-16,18-19,23,26,33-34,38-43,46-54,57-61H,3-4,6,8,11,14,17,20-22,24-25,27-32,35-37H2,1-2H3,(H,62,63)/b7-5-,10-9-,13-12-,16-15-,19-18-,26-23+,34-33+/t38-,39+,40-,41-,42-,43+,46+,47+,48-,49+,50+,51+/m0/s1. The summed E-state index contributed by atoms with van der Waals surface area (Å²) in [5.41, 5.74) is 0. The van der Waals surface area contributed by atoms with Crippen molar-refractivity contribution in [3.05, 3.63) is 85.1 Å². The number of carbonyl (C=O) groups excluding carboxylic acids is 2. The van der Waals surface area contributed by atoms with Crippen LogP contribution in [0.5, 0.6) is 0 Å². The minimum Gasteiger partial charge on any atom is -0.462 e. The Hall–Kier alpha value is -3.09. The molecule has 17 heteroatoms. The summed E-state index contributed by atoms with van der Waals surface area (Å²) in [6, 6.07) is 0. The van der Waals surface area contributed by atoms with E-state index in [9.17, 15) is 59.9 Å². The van der Waals surface area contributed by atoms with Gasteiger partial charge in [-0.25, -0.2) is 4.57 Å². The van der Waals surface area contributed by atoms with Gasteiger partial charge >= 0.3 is 19.8 Å². The van der Waals surface area contributed by atoms with Gasteiger partial charge in [-0.1, -0.05) is 125 Å². The van der Waals surface area contributed by atoms with E-state index in [0.29, 0.717) is 38.5 Å². The number of allylic oxidation sites excluding steroid dienone is 12. The van der Waals surface area contributed by atoms with Crippen LogP contribution in [-0.4, -0.2) is 132 Å². The number of unbranched alkanes of at least 4 members (excludes halogenated alkanes) is 5. The molecule has 0 aromatic rings. The fourth-order valence-corrected chi connectivity index (χ4v) is 8.69. The van der Waals surface area contributed by atoms with E-state index in [1.54, 1.807) is 12.2 Å². The van der Waals surface area contributed by atoms with Gasteiger partial charge in [-0.2, -0.15) is 0 Å². The molecule has 1 fully saturated rings. The third-order valence-corrected chi connectivity index (χ3v) is 12.8. The second-order valence-electron chi connectivity index (χ2n) is 17.5. The van der Waals surface area contributed by atoms with Crippen LogP contribution < -0.4 is 0 Å². The van der Waals surface area contributed by atoms with Crippen molar-refractivity contribution in [1.29, 1.82) is 0 Å². The first-order valence-corrected chi connectivity index (χ1v) is 26.1. The topological polar surface area (TPSA) is 270 Å². The van der Waals surface area contributed by atoms with Crippen LogP contribution in [0.1, 0.15) is 136 Å². The average Bonchev–Trinajstić information content (AvgIpc) is 3.31. The van der Waals surface area contributed by atoms with Gasteiger partial charge in [-0.15, -0.1) is 0 Å². The van der Waals surface area contributed by atoms with E-state index in [-0.39, 0.29) is 19.3 Å². The zero-order valence-corrected chi connectivity index (χ0v) is 41.1. The summed E-state index contributed by atoms with van der Waals surface area (Å²) in [6.07, 6.45) is 18.1. The number of carbonyl (C=O) groups is 2. The van der Waals surface area contributed by atoms with Gasteiger partial charge in [0, 0.05) is 31.1 Å². The number of ether oxygens (including phenoxy) is 2. The molecule has 1 heterocycles. The van der Waals surface area contributed by atoms with E-state index in [1.807, 2.05) is 6.92 Å². The molecule has 1 saturated carbocycles. The summed E-state index contributed by atoms with van der Waals surface area (Å²) in [4.78, 5) is 36.5. The predicted octanol–water partition coefficient (Wildman–Crippen LogP) is 6.44. The first-order chi connectivity index (χ1) is 32.6. The first-order valence-electron chi connectivity index (χ1n) is 24.6. The number of cyclic esters (lactones) is 1. The van der Waals surface area contributed by atoms with Crippen molar-refractivity contribution < 1.29 is 78.4 Å². The maximum absolute atomic E-state index is 13.5. The lowest BCUT2D eigenvalue weighted by atomic mass is 9.83. The van der Waals surface area contributed by atoms with Crippen molar-refractivity contribution in [3.63, 3.8) is 0 Å². The van der Waals surface area contributed by atoms with Crippen LogP contribution in [0.2, 0.25) is 0 Å².